The highest BCUT2D eigenvalue weighted by atomic mass is 32.1. The van der Waals surface area contributed by atoms with Crippen molar-refractivity contribution in [3.05, 3.63) is 126 Å². The van der Waals surface area contributed by atoms with Crippen molar-refractivity contribution in [1.29, 1.82) is 0 Å². The molecule has 0 saturated heterocycles. The minimum absolute atomic E-state index is 0.170. The zero-order chi connectivity index (χ0) is 31.4. The van der Waals surface area contributed by atoms with Gasteiger partial charge in [-0.1, -0.05) is 59.9 Å². The summed E-state index contributed by atoms with van der Waals surface area (Å²) in [6.07, 6.45) is 1.78. The first-order chi connectivity index (χ1) is 21.3. The summed E-state index contributed by atoms with van der Waals surface area (Å²) in [6, 6.07) is 20.6. The Bertz CT molecular complexity index is 1920. The number of likely N-dealkylation sites (N-methyl/N-ethyl adjacent to an activating group) is 1. The van der Waals surface area contributed by atoms with Crippen LogP contribution in [0.4, 0.5) is 0 Å². The van der Waals surface area contributed by atoms with Crippen LogP contribution in [0.1, 0.15) is 53.9 Å². The minimum atomic E-state index is -0.989. The average Bonchev–Trinajstić information content (AvgIpc) is 3.34. The van der Waals surface area contributed by atoms with Crippen LogP contribution in [-0.2, 0) is 11.4 Å². The maximum Gasteiger partial charge on any atom is 0.335 e. The molecule has 0 aliphatic carbocycles. The van der Waals surface area contributed by atoms with Crippen LogP contribution < -0.4 is 24.4 Å². The predicted octanol–water partition coefficient (Wildman–Crippen LogP) is 4.39. The summed E-state index contributed by atoms with van der Waals surface area (Å²) in [5.41, 5.74) is 3.13. The number of para-hydroxylation sites is 2. The van der Waals surface area contributed by atoms with Crippen molar-refractivity contribution < 1.29 is 24.2 Å². The monoisotopic (exact) mass is 611 g/mol. The number of rotatable bonds is 10. The van der Waals surface area contributed by atoms with Gasteiger partial charge in [0.2, 0.25) is 0 Å². The third-order valence-corrected chi connectivity index (χ3v) is 8.52. The van der Waals surface area contributed by atoms with E-state index in [1.807, 2.05) is 69.3 Å². The van der Waals surface area contributed by atoms with E-state index < -0.39 is 12.0 Å². The Labute approximate surface area is 258 Å². The highest BCUT2D eigenvalue weighted by Gasteiger charge is 2.35. The van der Waals surface area contributed by atoms with Gasteiger partial charge < -0.3 is 19.5 Å². The summed E-state index contributed by atoms with van der Waals surface area (Å²) in [4.78, 5) is 46.2. The first-order valence-corrected chi connectivity index (χ1v) is 15.1. The molecule has 3 aromatic carbocycles. The van der Waals surface area contributed by atoms with E-state index in [-0.39, 0.29) is 23.6 Å². The molecule has 1 aromatic heterocycles. The lowest BCUT2D eigenvalue weighted by Crippen LogP contribution is -2.43. The molecule has 0 spiro atoms. The number of carbonyl (C=O) groups is 2. The summed E-state index contributed by atoms with van der Waals surface area (Å²) in [5, 5.41) is 9.16. The first-order valence-electron chi connectivity index (χ1n) is 14.3. The third-order valence-electron chi connectivity index (χ3n) is 7.54. The molecule has 0 fully saturated rings. The lowest BCUT2D eigenvalue weighted by atomic mass is 9.94. The number of amides is 1. The maximum atomic E-state index is 14.2. The van der Waals surface area contributed by atoms with Crippen LogP contribution in [0.15, 0.2) is 93.9 Å². The number of nitrogens with zero attached hydrogens (tertiary/aromatic N) is 3. The van der Waals surface area contributed by atoms with Gasteiger partial charge in [-0.25, -0.2) is 9.79 Å². The molecular weight excluding hydrogens is 578 g/mol. The number of ether oxygens (including phenoxy) is 2. The van der Waals surface area contributed by atoms with Crippen LogP contribution in [0, 0.1) is 0 Å². The van der Waals surface area contributed by atoms with E-state index in [0.29, 0.717) is 56.3 Å². The molecule has 0 saturated carbocycles. The fourth-order valence-electron chi connectivity index (χ4n) is 5.24. The molecule has 10 heteroatoms. The fraction of sp³-hybridized carbons (Fsp3) is 0.235. The average molecular weight is 612 g/mol. The lowest BCUT2D eigenvalue weighted by Gasteiger charge is -2.29. The van der Waals surface area contributed by atoms with E-state index >= 15 is 0 Å². The van der Waals surface area contributed by atoms with Gasteiger partial charge in [0.15, 0.2) is 4.80 Å². The molecule has 9 nitrogen and oxygen atoms in total. The highest BCUT2D eigenvalue weighted by molar-refractivity contribution is 7.07. The zero-order valence-corrected chi connectivity index (χ0v) is 25.8. The second-order valence-corrected chi connectivity index (χ2v) is 11.1. The Kier molecular flexibility index (Phi) is 9.10. The third kappa shape index (κ3) is 5.93. The Morgan fingerprint density at radius 2 is 1.66 bits per heavy atom. The molecule has 1 atom stereocenters. The molecular formula is C34H33N3O6S. The van der Waals surface area contributed by atoms with E-state index in [0.717, 1.165) is 5.56 Å². The number of hydrogen-bond acceptors (Lipinski definition) is 7. The number of carbonyl (C=O) groups excluding carboxylic acids is 1. The quantitative estimate of drug-likeness (QED) is 0.285. The van der Waals surface area contributed by atoms with Gasteiger partial charge in [0, 0.05) is 24.2 Å². The van der Waals surface area contributed by atoms with Crippen molar-refractivity contribution in [2.45, 2.75) is 33.4 Å². The number of aromatic carboxylic acids is 1. The smallest absolute Gasteiger partial charge is 0.335 e. The molecule has 0 radical (unpaired) electrons. The summed E-state index contributed by atoms with van der Waals surface area (Å²) >= 11 is 1.25. The van der Waals surface area contributed by atoms with E-state index in [1.165, 1.54) is 23.5 Å². The van der Waals surface area contributed by atoms with Gasteiger partial charge in [-0.05, 0) is 56.7 Å². The Balaban J connectivity index is 1.59. The lowest BCUT2D eigenvalue weighted by molar-refractivity contribution is -0.127. The summed E-state index contributed by atoms with van der Waals surface area (Å²) in [5.74, 6) is -0.0224. The van der Waals surface area contributed by atoms with Crippen molar-refractivity contribution in [3.8, 4) is 11.5 Å². The van der Waals surface area contributed by atoms with Crippen LogP contribution in [0.3, 0.4) is 0 Å². The van der Waals surface area contributed by atoms with Crippen molar-refractivity contribution in [3.63, 3.8) is 0 Å². The molecule has 226 valence electrons. The summed E-state index contributed by atoms with van der Waals surface area (Å²) in [7, 11) is 1.57. The molecule has 0 unspecified atom stereocenters. The number of carboxylic acid groups (broad SMARTS) is 1. The second kappa shape index (κ2) is 13.1. The van der Waals surface area contributed by atoms with Crippen molar-refractivity contribution in [2.75, 3.05) is 20.2 Å². The number of hydrogen-bond donors (Lipinski definition) is 1. The molecule has 2 heterocycles. The second-order valence-electron chi connectivity index (χ2n) is 10.1. The van der Waals surface area contributed by atoms with Crippen molar-refractivity contribution in [1.82, 2.24) is 9.47 Å². The van der Waals surface area contributed by atoms with E-state index in [1.54, 1.807) is 34.8 Å². The summed E-state index contributed by atoms with van der Waals surface area (Å²) in [6.45, 7) is 6.92. The van der Waals surface area contributed by atoms with Crippen LogP contribution in [0.2, 0.25) is 0 Å². The van der Waals surface area contributed by atoms with E-state index in [2.05, 4.69) is 0 Å². The molecule has 44 heavy (non-hydrogen) atoms. The van der Waals surface area contributed by atoms with Gasteiger partial charge in [0.25, 0.3) is 11.5 Å². The predicted molar refractivity (Wildman–Crippen MR) is 169 cm³/mol. The Morgan fingerprint density at radius 3 is 2.32 bits per heavy atom. The number of fused-ring (bicyclic) bond motifs is 1. The van der Waals surface area contributed by atoms with Gasteiger partial charge in [-0.15, -0.1) is 0 Å². The van der Waals surface area contributed by atoms with E-state index in [9.17, 15) is 14.4 Å². The Hall–Kier alpha value is -4.96. The standard InChI is InChI=1S/C34H33N3O6S/c1-5-36(6-2)32(39)29-21(3)35-34-37(30(29)25-12-8-10-14-27(25)42-4)31(38)28(44-34)19-24-11-7-9-13-26(24)43-20-22-15-17-23(18-16-22)33(40)41/h7-19,30H,5-6,20H2,1-4H3,(H,40,41)/b28-19+/t30-/m0/s1. The molecule has 4 aromatic rings. The normalized spacial score (nSPS) is 14.5. The van der Waals surface area contributed by atoms with Gasteiger partial charge in [-0.2, -0.15) is 0 Å². The molecule has 1 amide bonds. The van der Waals surface area contributed by atoms with Crippen LogP contribution in [-0.4, -0.2) is 46.6 Å². The van der Waals surface area contributed by atoms with Crippen molar-refractivity contribution in [2.24, 2.45) is 4.99 Å². The molecule has 1 aliphatic rings. The fourth-order valence-corrected chi connectivity index (χ4v) is 6.28. The topological polar surface area (TPSA) is 110 Å². The zero-order valence-electron chi connectivity index (χ0n) is 24.9. The molecule has 5 rings (SSSR count). The largest absolute Gasteiger partial charge is 0.496 e. The SMILES string of the molecule is CCN(CC)C(=O)C1=C(C)N=c2s/c(=C/c3ccccc3OCc3ccc(C(=O)O)cc3)c(=O)n2[C@H]1c1ccccc1OC. The van der Waals surface area contributed by atoms with Crippen LogP contribution >= 0.6 is 11.3 Å². The summed E-state index contributed by atoms with van der Waals surface area (Å²) < 4.78 is 13.8. The van der Waals surface area contributed by atoms with Crippen LogP contribution in [0.25, 0.3) is 6.08 Å². The van der Waals surface area contributed by atoms with Gasteiger partial charge >= 0.3 is 5.97 Å². The number of benzene rings is 3. The van der Waals surface area contributed by atoms with Gasteiger partial charge in [-0.3, -0.25) is 14.2 Å². The van der Waals surface area contributed by atoms with Gasteiger partial charge in [0.1, 0.15) is 24.1 Å². The number of aromatic nitrogens is 1. The number of thiazole rings is 1. The van der Waals surface area contributed by atoms with Gasteiger partial charge in [0.05, 0.1) is 28.5 Å². The van der Waals surface area contributed by atoms with Crippen molar-refractivity contribution >= 4 is 29.3 Å². The molecule has 1 aliphatic heterocycles. The van der Waals surface area contributed by atoms with E-state index in [4.69, 9.17) is 19.6 Å². The maximum absolute atomic E-state index is 14.2. The first kappa shape index (κ1) is 30.5. The minimum Gasteiger partial charge on any atom is -0.496 e. The Morgan fingerprint density at radius 1 is 1.00 bits per heavy atom. The molecule has 1 N–H and O–H groups in total. The van der Waals surface area contributed by atoms with Crippen LogP contribution in [0.5, 0.6) is 11.5 Å². The highest BCUT2D eigenvalue weighted by Crippen LogP contribution is 2.36. The molecule has 0 bridgehead atoms. The number of carboxylic acids is 1. The number of methoxy groups -OCH3 is 1. The number of allylic oxidation sites excluding steroid dienone is 1.